The molecule has 2 fully saturated rings. The number of nitrogens with zero attached hydrogens (tertiary/aromatic N) is 2. The first-order valence-corrected chi connectivity index (χ1v) is 8.88. The zero-order valence-electron chi connectivity index (χ0n) is 13.1. The second kappa shape index (κ2) is 6.32. The molecule has 5 heteroatoms. The topological polar surface area (TPSA) is 44.0 Å². The van der Waals surface area contributed by atoms with Gasteiger partial charge in [0.25, 0.3) is 0 Å². The van der Waals surface area contributed by atoms with Crippen molar-refractivity contribution in [2.75, 3.05) is 0 Å². The van der Waals surface area contributed by atoms with Gasteiger partial charge < -0.3 is 15.2 Å². The Morgan fingerprint density at radius 2 is 1.96 bits per heavy atom. The van der Waals surface area contributed by atoms with Crippen molar-refractivity contribution < 1.29 is 0 Å². The van der Waals surface area contributed by atoms with Gasteiger partial charge in [-0.2, -0.15) is 0 Å². The highest BCUT2D eigenvalue weighted by Gasteiger charge is 2.43. The van der Waals surface area contributed by atoms with Crippen LogP contribution in [0.4, 0.5) is 0 Å². The van der Waals surface area contributed by atoms with E-state index in [1.165, 1.54) is 37.8 Å². The maximum absolute atomic E-state index is 5.72. The molecule has 2 aromatic rings. The van der Waals surface area contributed by atoms with Gasteiger partial charge in [-0.05, 0) is 49.3 Å². The highest BCUT2D eigenvalue weighted by molar-refractivity contribution is 7.80. The highest BCUT2D eigenvalue weighted by Crippen LogP contribution is 2.41. The van der Waals surface area contributed by atoms with Gasteiger partial charge in [0, 0.05) is 24.1 Å². The smallest absolute Gasteiger partial charge is 0.170 e. The summed E-state index contributed by atoms with van der Waals surface area (Å²) in [4.78, 5) is 10.4. The molecule has 0 radical (unpaired) electrons. The molecule has 2 N–H and O–H groups in total. The molecule has 0 amide bonds. The van der Waals surface area contributed by atoms with E-state index >= 15 is 0 Å². The van der Waals surface area contributed by atoms with Gasteiger partial charge in [0.05, 0.1) is 17.8 Å². The lowest BCUT2D eigenvalue weighted by Crippen LogP contribution is -2.40. The van der Waals surface area contributed by atoms with Crippen LogP contribution in [0.25, 0.3) is 0 Å². The maximum atomic E-state index is 5.72. The van der Waals surface area contributed by atoms with E-state index in [4.69, 9.17) is 12.2 Å². The average Bonchev–Trinajstić information content (AvgIpc) is 3.24. The van der Waals surface area contributed by atoms with Crippen molar-refractivity contribution in [3.63, 3.8) is 0 Å². The van der Waals surface area contributed by atoms with Gasteiger partial charge in [-0.3, -0.25) is 4.98 Å². The van der Waals surface area contributed by atoms with Gasteiger partial charge >= 0.3 is 0 Å². The fraction of sp³-hybridized carbons (Fsp3) is 0.444. The van der Waals surface area contributed by atoms with Crippen LogP contribution in [0, 0.1) is 0 Å². The minimum Gasteiger partial charge on any atom is -0.363 e. The van der Waals surface area contributed by atoms with Crippen molar-refractivity contribution >= 4 is 17.3 Å². The summed E-state index contributed by atoms with van der Waals surface area (Å²) in [6.45, 7) is 0. The highest BCUT2D eigenvalue weighted by atomic mass is 32.1. The van der Waals surface area contributed by atoms with Gasteiger partial charge in [-0.25, -0.2) is 0 Å². The summed E-state index contributed by atoms with van der Waals surface area (Å²) < 4.78 is 0. The van der Waals surface area contributed by atoms with Crippen molar-refractivity contribution in [2.24, 2.45) is 0 Å². The summed E-state index contributed by atoms with van der Waals surface area (Å²) >= 11 is 5.72. The van der Waals surface area contributed by atoms with Crippen LogP contribution in [0.15, 0.2) is 42.7 Å². The number of rotatable bonds is 3. The molecular formula is C18H22N4S. The first kappa shape index (κ1) is 14.7. The maximum Gasteiger partial charge on any atom is 0.170 e. The van der Waals surface area contributed by atoms with Crippen LogP contribution in [0.5, 0.6) is 0 Å². The molecule has 3 heterocycles. The number of pyridine rings is 1. The molecule has 2 aromatic heterocycles. The van der Waals surface area contributed by atoms with Gasteiger partial charge in [-0.1, -0.05) is 25.3 Å². The zero-order valence-corrected chi connectivity index (χ0v) is 13.9. The van der Waals surface area contributed by atoms with Crippen LogP contribution < -0.4 is 5.32 Å². The summed E-state index contributed by atoms with van der Waals surface area (Å²) in [6.07, 6.45) is 10.3. The number of aromatic amines is 1. The lowest BCUT2D eigenvalue weighted by molar-refractivity contribution is 0.195. The Kier molecular flexibility index (Phi) is 4.04. The molecule has 120 valence electrons. The molecule has 1 aliphatic heterocycles. The molecule has 1 aliphatic carbocycles. The van der Waals surface area contributed by atoms with E-state index in [-0.39, 0.29) is 12.1 Å². The van der Waals surface area contributed by atoms with Crippen molar-refractivity contribution in [3.05, 3.63) is 54.1 Å². The molecule has 0 aromatic carbocycles. The van der Waals surface area contributed by atoms with E-state index in [0.29, 0.717) is 6.04 Å². The largest absolute Gasteiger partial charge is 0.363 e. The lowest BCUT2D eigenvalue weighted by atomic mass is 9.92. The number of nitrogens with one attached hydrogen (secondary N) is 2. The average molecular weight is 326 g/mol. The van der Waals surface area contributed by atoms with Crippen LogP contribution in [-0.2, 0) is 0 Å². The Morgan fingerprint density at radius 1 is 1.09 bits per heavy atom. The number of aromatic nitrogens is 2. The van der Waals surface area contributed by atoms with Crippen LogP contribution >= 0.6 is 12.2 Å². The van der Waals surface area contributed by atoms with Gasteiger partial charge in [0.1, 0.15) is 0 Å². The second-order valence-corrected chi connectivity index (χ2v) is 6.84. The fourth-order valence-corrected chi connectivity index (χ4v) is 4.37. The van der Waals surface area contributed by atoms with Crippen LogP contribution in [-0.4, -0.2) is 26.0 Å². The van der Waals surface area contributed by atoms with Crippen molar-refractivity contribution in [3.8, 4) is 0 Å². The first-order chi connectivity index (χ1) is 11.3. The summed E-state index contributed by atoms with van der Waals surface area (Å²) in [5, 5.41) is 4.40. The predicted octanol–water partition coefficient (Wildman–Crippen LogP) is 3.71. The number of H-pyrrole nitrogens is 1. The lowest BCUT2D eigenvalue weighted by Gasteiger charge is -2.36. The summed E-state index contributed by atoms with van der Waals surface area (Å²) in [5.41, 5.74) is 2.26. The van der Waals surface area contributed by atoms with E-state index in [9.17, 15) is 0 Å². The molecule has 1 saturated heterocycles. The molecule has 4 rings (SSSR count). The standard InChI is InChI=1S/C18H22N4S/c23-18-21-16(14-9-4-5-11-19-14)17(15-10-6-12-20-15)22(18)13-7-2-1-3-8-13/h4-6,9-13,16-17,20H,1-3,7-8H2,(H,21,23)/t16-,17-/m0/s1. The van der Waals surface area contributed by atoms with Gasteiger partial charge in [-0.15, -0.1) is 0 Å². The molecule has 2 aliphatic rings. The minimum atomic E-state index is 0.101. The molecule has 2 atom stereocenters. The Labute approximate surface area is 142 Å². The predicted molar refractivity (Wildman–Crippen MR) is 95.0 cm³/mol. The Morgan fingerprint density at radius 3 is 2.65 bits per heavy atom. The first-order valence-electron chi connectivity index (χ1n) is 8.47. The number of hydrogen-bond donors (Lipinski definition) is 2. The third kappa shape index (κ3) is 2.74. The summed E-state index contributed by atoms with van der Waals surface area (Å²) in [7, 11) is 0. The van der Waals surface area contributed by atoms with E-state index in [0.717, 1.165) is 10.8 Å². The van der Waals surface area contributed by atoms with Crippen LogP contribution in [0.2, 0.25) is 0 Å². The Balaban J connectivity index is 1.71. The molecular weight excluding hydrogens is 304 g/mol. The van der Waals surface area contributed by atoms with E-state index < -0.39 is 0 Å². The van der Waals surface area contributed by atoms with Gasteiger partial charge in [0.15, 0.2) is 5.11 Å². The van der Waals surface area contributed by atoms with E-state index in [1.807, 2.05) is 24.5 Å². The molecule has 0 bridgehead atoms. The molecule has 23 heavy (non-hydrogen) atoms. The third-order valence-electron chi connectivity index (χ3n) is 5.04. The SMILES string of the molecule is S=C1N[C@@H](c2ccccn2)[C@H](c2ccc[nH]2)N1C1CCCCC1. The van der Waals surface area contributed by atoms with Crippen molar-refractivity contribution in [2.45, 2.75) is 50.2 Å². The fourth-order valence-electron chi connectivity index (χ4n) is 3.98. The summed E-state index contributed by atoms with van der Waals surface area (Å²) in [5.74, 6) is 0. The normalized spacial score (nSPS) is 25.6. The van der Waals surface area contributed by atoms with Crippen molar-refractivity contribution in [1.29, 1.82) is 0 Å². The quantitative estimate of drug-likeness (QED) is 0.844. The van der Waals surface area contributed by atoms with E-state index in [1.54, 1.807) is 0 Å². The zero-order chi connectivity index (χ0) is 15.6. The van der Waals surface area contributed by atoms with Crippen LogP contribution in [0.3, 0.4) is 0 Å². The van der Waals surface area contributed by atoms with Crippen LogP contribution in [0.1, 0.15) is 55.6 Å². The second-order valence-electron chi connectivity index (χ2n) is 6.45. The minimum absolute atomic E-state index is 0.101. The number of thiocarbonyl (C=S) groups is 1. The van der Waals surface area contributed by atoms with Gasteiger partial charge in [0.2, 0.25) is 0 Å². The third-order valence-corrected chi connectivity index (χ3v) is 5.37. The Hall–Kier alpha value is -1.88. The van der Waals surface area contributed by atoms with Crippen molar-refractivity contribution in [1.82, 2.24) is 20.2 Å². The monoisotopic (exact) mass is 326 g/mol. The Bertz CT molecular complexity index is 649. The molecule has 4 nitrogen and oxygen atoms in total. The van der Waals surface area contributed by atoms with E-state index in [2.05, 4.69) is 38.4 Å². The number of hydrogen-bond acceptors (Lipinski definition) is 2. The molecule has 0 spiro atoms. The molecule has 1 saturated carbocycles. The summed E-state index contributed by atoms with van der Waals surface area (Å²) in [6, 6.07) is 11.1. The molecule has 0 unspecified atom stereocenters.